The van der Waals surface area contributed by atoms with Crippen molar-refractivity contribution in [2.45, 2.75) is 20.1 Å². The SMILES string of the molecule is CC(CN(C)Cc1ccccc1)C(=O)OCc1ccccc1. The van der Waals surface area contributed by atoms with Crippen LogP contribution in [0, 0.1) is 5.92 Å². The third-order valence-electron chi connectivity index (χ3n) is 3.51. The fourth-order valence-corrected chi connectivity index (χ4v) is 2.37. The van der Waals surface area contributed by atoms with Gasteiger partial charge in [-0.05, 0) is 18.2 Å². The van der Waals surface area contributed by atoms with Crippen LogP contribution in [0.4, 0.5) is 0 Å². The van der Waals surface area contributed by atoms with Gasteiger partial charge in [0, 0.05) is 13.1 Å². The van der Waals surface area contributed by atoms with Crippen LogP contribution < -0.4 is 0 Å². The van der Waals surface area contributed by atoms with Gasteiger partial charge in [0.2, 0.25) is 0 Å². The zero-order chi connectivity index (χ0) is 15.8. The Morgan fingerprint density at radius 3 is 2.14 bits per heavy atom. The van der Waals surface area contributed by atoms with Crippen molar-refractivity contribution in [2.24, 2.45) is 5.92 Å². The lowest BCUT2D eigenvalue weighted by atomic mass is 10.1. The largest absolute Gasteiger partial charge is 0.461 e. The third kappa shape index (κ3) is 5.34. The Morgan fingerprint density at radius 2 is 1.55 bits per heavy atom. The smallest absolute Gasteiger partial charge is 0.310 e. The Kier molecular flexibility index (Phi) is 6.16. The number of rotatable bonds is 7. The van der Waals surface area contributed by atoms with Crippen molar-refractivity contribution >= 4 is 5.97 Å². The topological polar surface area (TPSA) is 29.5 Å². The summed E-state index contributed by atoms with van der Waals surface area (Å²) < 4.78 is 5.38. The van der Waals surface area contributed by atoms with Crippen LogP contribution in [0.15, 0.2) is 60.7 Å². The van der Waals surface area contributed by atoms with Gasteiger partial charge in [-0.1, -0.05) is 67.6 Å². The van der Waals surface area contributed by atoms with Crippen molar-refractivity contribution in [3.05, 3.63) is 71.8 Å². The Balaban J connectivity index is 1.76. The molecule has 0 bridgehead atoms. The minimum atomic E-state index is -0.149. The zero-order valence-electron chi connectivity index (χ0n) is 13.2. The van der Waals surface area contributed by atoms with E-state index in [1.165, 1.54) is 5.56 Å². The van der Waals surface area contributed by atoms with E-state index in [9.17, 15) is 4.79 Å². The number of benzene rings is 2. The first kappa shape index (κ1) is 16.2. The van der Waals surface area contributed by atoms with Crippen LogP contribution in [0.25, 0.3) is 0 Å². The van der Waals surface area contributed by atoms with Crippen LogP contribution in [0.3, 0.4) is 0 Å². The van der Waals surface area contributed by atoms with E-state index in [0.29, 0.717) is 13.2 Å². The molecule has 116 valence electrons. The molecule has 1 unspecified atom stereocenters. The number of hydrogen-bond donors (Lipinski definition) is 0. The molecule has 0 aliphatic carbocycles. The molecule has 2 rings (SSSR count). The first-order valence-electron chi connectivity index (χ1n) is 7.58. The van der Waals surface area contributed by atoms with Crippen LogP contribution in [-0.4, -0.2) is 24.5 Å². The summed E-state index contributed by atoms with van der Waals surface area (Å²) in [5.41, 5.74) is 2.26. The van der Waals surface area contributed by atoms with E-state index in [1.807, 2.05) is 62.5 Å². The van der Waals surface area contributed by atoms with Gasteiger partial charge in [-0.2, -0.15) is 0 Å². The van der Waals surface area contributed by atoms with E-state index in [4.69, 9.17) is 4.74 Å². The van der Waals surface area contributed by atoms with Crippen molar-refractivity contribution in [3.63, 3.8) is 0 Å². The number of nitrogens with zero attached hydrogens (tertiary/aromatic N) is 1. The molecule has 0 radical (unpaired) electrons. The molecule has 1 atom stereocenters. The van der Waals surface area contributed by atoms with Gasteiger partial charge in [0.1, 0.15) is 6.61 Å². The van der Waals surface area contributed by atoms with Crippen LogP contribution in [-0.2, 0) is 22.7 Å². The first-order chi connectivity index (χ1) is 10.6. The van der Waals surface area contributed by atoms with E-state index in [2.05, 4.69) is 17.0 Å². The molecule has 3 heteroatoms. The summed E-state index contributed by atoms with van der Waals surface area (Å²) in [7, 11) is 2.02. The van der Waals surface area contributed by atoms with Crippen molar-refractivity contribution in [1.29, 1.82) is 0 Å². The highest BCUT2D eigenvalue weighted by Gasteiger charge is 2.16. The van der Waals surface area contributed by atoms with Crippen LogP contribution in [0.1, 0.15) is 18.1 Å². The highest BCUT2D eigenvalue weighted by atomic mass is 16.5. The van der Waals surface area contributed by atoms with E-state index >= 15 is 0 Å². The molecule has 0 aromatic heterocycles. The summed E-state index contributed by atoms with van der Waals surface area (Å²) in [5, 5.41) is 0. The Morgan fingerprint density at radius 1 is 1.00 bits per heavy atom. The van der Waals surface area contributed by atoms with Gasteiger partial charge in [0.15, 0.2) is 0 Å². The summed E-state index contributed by atoms with van der Waals surface area (Å²) in [4.78, 5) is 14.2. The molecule has 0 spiro atoms. The molecule has 0 aliphatic heterocycles. The highest BCUT2D eigenvalue weighted by molar-refractivity contribution is 5.72. The van der Waals surface area contributed by atoms with Gasteiger partial charge in [-0.15, -0.1) is 0 Å². The molecule has 3 nitrogen and oxygen atoms in total. The summed E-state index contributed by atoms with van der Waals surface area (Å²) in [6.07, 6.45) is 0. The normalized spacial score (nSPS) is 12.1. The molecule has 0 aliphatic rings. The summed E-state index contributed by atoms with van der Waals surface area (Å²) in [6, 6.07) is 20.0. The monoisotopic (exact) mass is 297 g/mol. The molecule has 0 saturated carbocycles. The maximum absolute atomic E-state index is 12.1. The van der Waals surface area contributed by atoms with Crippen molar-refractivity contribution in [3.8, 4) is 0 Å². The Hall–Kier alpha value is -2.13. The number of ether oxygens (including phenoxy) is 1. The second-order valence-electron chi connectivity index (χ2n) is 5.68. The van der Waals surface area contributed by atoms with E-state index < -0.39 is 0 Å². The van der Waals surface area contributed by atoms with Crippen LogP contribution in [0.2, 0.25) is 0 Å². The highest BCUT2D eigenvalue weighted by Crippen LogP contribution is 2.08. The van der Waals surface area contributed by atoms with Crippen molar-refractivity contribution in [1.82, 2.24) is 4.90 Å². The third-order valence-corrected chi connectivity index (χ3v) is 3.51. The molecule has 0 heterocycles. The number of carbonyl (C=O) groups excluding carboxylic acids is 1. The van der Waals surface area contributed by atoms with Gasteiger partial charge >= 0.3 is 5.97 Å². The lowest BCUT2D eigenvalue weighted by molar-refractivity contribution is -0.149. The average molecular weight is 297 g/mol. The molecule has 0 amide bonds. The molecular weight excluding hydrogens is 274 g/mol. The van der Waals surface area contributed by atoms with Gasteiger partial charge in [-0.3, -0.25) is 4.79 Å². The van der Waals surface area contributed by atoms with Crippen molar-refractivity contribution < 1.29 is 9.53 Å². The predicted molar refractivity (Wildman–Crippen MR) is 88.2 cm³/mol. The van der Waals surface area contributed by atoms with Gasteiger partial charge in [-0.25, -0.2) is 0 Å². The summed E-state index contributed by atoms with van der Waals surface area (Å²) in [6.45, 7) is 3.76. The Bertz CT molecular complexity index is 569. The number of hydrogen-bond acceptors (Lipinski definition) is 3. The van der Waals surface area contributed by atoms with Gasteiger partial charge < -0.3 is 9.64 Å². The quantitative estimate of drug-likeness (QED) is 0.733. The van der Waals surface area contributed by atoms with Gasteiger partial charge in [0.05, 0.1) is 5.92 Å². The maximum atomic E-state index is 12.1. The standard InChI is InChI=1S/C19H23NO2/c1-16(13-20(2)14-17-9-5-3-6-10-17)19(21)22-15-18-11-7-4-8-12-18/h3-12,16H,13-15H2,1-2H3. The number of esters is 1. The fourth-order valence-electron chi connectivity index (χ4n) is 2.37. The number of carbonyl (C=O) groups is 1. The molecule has 0 N–H and O–H groups in total. The lowest BCUT2D eigenvalue weighted by Crippen LogP contribution is -2.29. The minimum absolute atomic E-state index is 0.141. The Labute approximate surface area is 132 Å². The summed E-state index contributed by atoms with van der Waals surface area (Å²) >= 11 is 0. The molecule has 0 saturated heterocycles. The first-order valence-corrected chi connectivity index (χ1v) is 7.58. The van der Waals surface area contributed by atoms with Crippen LogP contribution in [0.5, 0.6) is 0 Å². The molecule has 22 heavy (non-hydrogen) atoms. The van der Waals surface area contributed by atoms with E-state index in [1.54, 1.807) is 0 Å². The second-order valence-corrected chi connectivity index (χ2v) is 5.68. The molecule has 2 aromatic rings. The molecular formula is C19H23NO2. The minimum Gasteiger partial charge on any atom is -0.461 e. The van der Waals surface area contributed by atoms with Crippen molar-refractivity contribution in [2.75, 3.05) is 13.6 Å². The van der Waals surface area contributed by atoms with E-state index in [-0.39, 0.29) is 11.9 Å². The maximum Gasteiger partial charge on any atom is 0.310 e. The van der Waals surface area contributed by atoms with Crippen LogP contribution >= 0.6 is 0 Å². The molecule has 0 fully saturated rings. The molecule has 2 aromatic carbocycles. The zero-order valence-corrected chi connectivity index (χ0v) is 13.2. The predicted octanol–water partition coefficient (Wildman–Crippen LogP) is 3.50. The lowest BCUT2D eigenvalue weighted by Gasteiger charge is -2.20. The van der Waals surface area contributed by atoms with Gasteiger partial charge in [0.25, 0.3) is 0 Å². The van der Waals surface area contributed by atoms with E-state index in [0.717, 1.165) is 12.1 Å². The fraction of sp³-hybridized carbons (Fsp3) is 0.316. The second kappa shape index (κ2) is 8.35. The average Bonchev–Trinajstić information content (AvgIpc) is 2.54. The summed E-state index contributed by atoms with van der Waals surface area (Å²) in [5.74, 6) is -0.291.